The molecule has 14 heteroatoms. The van der Waals surface area contributed by atoms with E-state index in [0.29, 0.717) is 6.07 Å². The van der Waals surface area contributed by atoms with E-state index < -0.39 is 111 Å². The van der Waals surface area contributed by atoms with E-state index in [2.05, 4.69) is 0 Å². The lowest BCUT2D eigenvalue weighted by molar-refractivity contribution is -0.277. The van der Waals surface area contributed by atoms with Crippen molar-refractivity contribution in [3.05, 3.63) is 39.4 Å². The molecule has 2 aromatic rings. The number of ketones is 2. The molecular formula is C22H20O14. The van der Waals surface area contributed by atoms with Crippen LogP contribution >= 0.6 is 0 Å². The highest BCUT2D eigenvalue weighted by atomic mass is 16.7. The Labute approximate surface area is 200 Å². The third-order valence-corrected chi connectivity index (χ3v) is 6.16. The molecule has 0 bridgehead atoms. The number of phenols is 4. The van der Waals surface area contributed by atoms with Gasteiger partial charge in [-0.05, 0) is 18.6 Å². The molecule has 1 aliphatic heterocycles. The number of benzene rings is 2. The molecule has 0 saturated carbocycles. The minimum Gasteiger partial charge on any atom is -0.507 e. The number of aromatic carboxylic acids is 1. The van der Waals surface area contributed by atoms with Crippen molar-refractivity contribution in [2.45, 2.75) is 37.6 Å². The number of aliphatic hydroxyl groups excluding tert-OH is 4. The molecular weight excluding hydrogens is 488 g/mol. The first-order chi connectivity index (χ1) is 16.8. The molecule has 1 saturated heterocycles. The molecule has 5 atom stereocenters. The minimum absolute atomic E-state index is 0.315. The number of hydrogen-bond donors (Lipinski definition) is 9. The van der Waals surface area contributed by atoms with Crippen molar-refractivity contribution >= 4 is 17.5 Å². The topological polar surface area (TPSA) is 252 Å². The largest absolute Gasteiger partial charge is 0.507 e. The van der Waals surface area contributed by atoms with Crippen molar-refractivity contribution in [2.24, 2.45) is 0 Å². The highest BCUT2D eigenvalue weighted by Gasteiger charge is 2.47. The highest BCUT2D eigenvalue weighted by molar-refractivity contribution is 6.32. The lowest BCUT2D eigenvalue weighted by atomic mass is 9.79. The van der Waals surface area contributed by atoms with Crippen molar-refractivity contribution in [3.63, 3.8) is 0 Å². The molecule has 4 rings (SSSR count). The van der Waals surface area contributed by atoms with Gasteiger partial charge in [-0.15, -0.1) is 0 Å². The van der Waals surface area contributed by atoms with E-state index >= 15 is 0 Å². The van der Waals surface area contributed by atoms with Gasteiger partial charge in [-0.2, -0.15) is 0 Å². The second kappa shape index (κ2) is 8.61. The summed E-state index contributed by atoms with van der Waals surface area (Å²) in [6.45, 7) is 0.306. The summed E-state index contributed by atoms with van der Waals surface area (Å²) in [4.78, 5) is 38.0. The second-order valence-electron chi connectivity index (χ2n) is 8.22. The number of rotatable bonds is 4. The maximum Gasteiger partial charge on any atom is 0.339 e. The molecule has 0 aromatic heterocycles. The van der Waals surface area contributed by atoms with E-state index in [-0.39, 0.29) is 5.56 Å². The van der Waals surface area contributed by atoms with Crippen LogP contribution in [0.15, 0.2) is 6.07 Å². The number of carboxylic acid groups (broad SMARTS) is 1. The van der Waals surface area contributed by atoms with E-state index in [4.69, 9.17) is 9.47 Å². The van der Waals surface area contributed by atoms with Crippen LogP contribution < -0.4 is 4.74 Å². The Morgan fingerprint density at radius 3 is 2.11 bits per heavy atom. The van der Waals surface area contributed by atoms with Crippen molar-refractivity contribution < 1.29 is 69.8 Å². The number of fused-ring (bicyclic) bond motifs is 2. The zero-order chi connectivity index (χ0) is 26.8. The Bertz CT molecular complexity index is 1310. The molecule has 0 spiro atoms. The Hall–Kier alpha value is -3.95. The normalized spacial score (nSPS) is 25.3. The van der Waals surface area contributed by atoms with E-state index in [0.717, 1.165) is 6.92 Å². The molecule has 9 N–H and O–H groups in total. The standard InChI is InChI=1S/C22H20O14/c1-4-8-5(2-6(24)9(4)21(33)34)12(25)10-11(14(8)27)16(29)20(18(31)15(10)28)36-22-19(32)17(30)13(26)7(3-23)35-22/h2,7,13,17,19,22-24,26,28-32H,3H2,1H3,(H,33,34)/t7?,13?,17-,19-,22+/m1/s1. The zero-order valence-electron chi connectivity index (χ0n) is 18.2. The average Bonchev–Trinajstić information content (AvgIpc) is 2.81. The molecule has 1 fully saturated rings. The van der Waals surface area contributed by atoms with Crippen LogP contribution in [0.1, 0.15) is 47.8 Å². The Kier molecular flexibility index (Phi) is 6.02. The summed E-state index contributed by atoms with van der Waals surface area (Å²) in [6.07, 6.45) is -9.06. The van der Waals surface area contributed by atoms with E-state index in [1.807, 2.05) is 0 Å². The lowest BCUT2D eigenvalue weighted by Gasteiger charge is -2.39. The highest BCUT2D eigenvalue weighted by Crippen LogP contribution is 2.52. The quantitative estimate of drug-likeness (QED) is 0.143. The molecule has 0 amide bonds. The second-order valence-corrected chi connectivity index (χ2v) is 8.22. The third-order valence-electron chi connectivity index (χ3n) is 6.16. The summed E-state index contributed by atoms with van der Waals surface area (Å²) in [5.74, 6) is -9.51. The first-order valence-corrected chi connectivity index (χ1v) is 10.3. The van der Waals surface area contributed by atoms with Gasteiger partial charge in [0, 0.05) is 11.1 Å². The number of phenolic OH excluding ortho intramolecular Hbond substituents is 3. The van der Waals surface area contributed by atoms with Gasteiger partial charge in [0.15, 0.2) is 23.1 Å². The number of carbonyl (C=O) groups is 3. The number of aliphatic hydroxyl groups is 4. The van der Waals surface area contributed by atoms with Gasteiger partial charge in [0.05, 0.1) is 17.7 Å². The van der Waals surface area contributed by atoms with Crippen LogP contribution in [0.2, 0.25) is 0 Å². The number of carboxylic acids is 1. The lowest BCUT2D eigenvalue weighted by Crippen LogP contribution is -2.60. The van der Waals surface area contributed by atoms with Gasteiger partial charge in [-0.25, -0.2) is 4.79 Å². The summed E-state index contributed by atoms with van der Waals surface area (Å²) in [7, 11) is 0. The Balaban J connectivity index is 1.88. The first-order valence-electron chi connectivity index (χ1n) is 10.3. The van der Waals surface area contributed by atoms with Gasteiger partial charge in [-0.1, -0.05) is 0 Å². The van der Waals surface area contributed by atoms with Crippen LogP contribution in [0.3, 0.4) is 0 Å². The van der Waals surface area contributed by atoms with Crippen LogP contribution in [0, 0.1) is 6.92 Å². The van der Waals surface area contributed by atoms with Crippen molar-refractivity contribution in [1.29, 1.82) is 0 Å². The SMILES string of the molecule is Cc1c(C(=O)O)c(O)cc2c1C(=O)c1c(O)c(O[C@@H]3OC(CO)C(O)[C@@H](O)[C@H]3O)c(O)c(O)c1C2=O. The summed E-state index contributed by atoms with van der Waals surface area (Å²) >= 11 is 0. The maximum absolute atomic E-state index is 13.3. The number of hydrogen-bond acceptors (Lipinski definition) is 13. The Morgan fingerprint density at radius 2 is 1.53 bits per heavy atom. The van der Waals surface area contributed by atoms with E-state index in [1.165, 1.54) is 0 Å². The maximum atomic E-state index is 13.3. The smallest absolute Gasteiger partial charge is 0.339 e. The third kappa shape index (κ3) is 3.42. The van der Waals surface area contributed by atoms with Gasteiger partial charge in [-0.3, -0.25) is 9.59 Å². The summed E-state index contributed by atoms with van der Waals surface area (Å²) in [5, 5.41) is 90.5. The fourth-order valence-corrected chi connectivity index (χ4v) is 4.32. The van der Waals surface area contributed by atoms with Crippen LogP contribution in [-0.2, 0) is 4.74 Å². The monoisotopic (exact) mass is 508 g/mol. The number of aromatic hydroxyl groups is 4. The number of ether oxygens (including phenoxy) is 2. The predicted molar refractivity (Wildman–Crippen MR) is 112 cm³/mol. The molecule has 14 nitrogen and oxygen atoms in total. The fraction of sp³-hybridized carbons (Fsp3) is 0.318. The summed E-state index contributed by atoms with van der Waals surface area (Å²) in [6, 6.07) is 0.709. The molecule has 1 aliphatic carbocycles. The van der Waals surface area contributed by atoms with Gasteiger partial charge < -0.3 is 55.4 Å². The molecule has 1 heterocycles. The average molecular weight is 508 g/mol. The van der Waals surface area contributed by atoms with Gasteiger partial charge in [0.25, 0.3) is 0 Å². The van der Waals surface area contributed by atoms with Crippen LogP contribution in [-0.4, -0.2) is 101 Å². The minimum atomic E-state index is -2.00. The fourth-order valence-electron chi connectivity index (χ4n) is 4.32. The predicted octanol–water partition coefficient (Wildman–Crippen LogP) is -1.53. The van der Waals surface area contributed by atoms with Crippen molar-refractivity contribution in [2.75, 3.05) is 6.61 Å². The van der Waals surface area contributed by atoms with E-state index in [1.54, 1.807) is 0 Å². The summed E-state index contributed by atoms with van der Waals surface area (Å²) < 4.78 is 10.3. The molecule has 192 valence electrons. The van der Waals surface area contributed by atoms with Gasteiger partial charge in [0.1, 0.15) is 35.7 Å². The zero-order valence-corrected chi connectivity index (χ0v) is 18.2. The van der Waals surface area contributed by atoms with Crippen molar-refractivity contribution in [1.82, 2.24) is 0 Å². The Morgan fingerprint density at radius 1 is 0.917 bits per heavy atom. The first kappa shape index (κ1) is 25.2. The molecule has 2 unspecified atom stereocenters. The molecule has 36 heavy (non-hydrogen) atoms. The number of carbonyl (C=O) groups excluding carboxylic acids is 2. The summed E-state index contributed by atoms with van der Waals surface area (Å²) in [5.41, 5.74) is -3.74. The van der Waals surface area contributed by atoms with Crippen LogP contribution in [0.25, 0.3) is 0 Å². The molecule has 2 aromatic carbocycles. The van der Waals surface area contributed by atoms with Crippen LogP contribution in [0.5, 0.6) is 28.7 Å². The molecule has 0 radical (unpaired) electrons. The van der Waals surface area contributed by atoms with E-state index in [9.17, 15) is 60.3 Å². The van der Waals surface area contributed by atoms with Crippen molar-refractivity contribution in [3.8, 4) is 28.7 Å². The molecule has 2 aliphatic rings. The van der Waals surface area contributed by atoms with Crippen LogP contribution in [0.4, 0.5) is 0 Å². The van der Waals surface area contributed by atoms with Gasteiger partial charge >= 0.3 is 5.97 Å². The van der Waals surface area contributed by atoms with Gasteiger partial charge in [0.2, 0.25) is 17.8 Å².